The Balaban J connectivity index is 1.78. The number of aromatic nitrogens is 2. The summed E-state index contributed by atoms with van der Waals surface area (Å²) in [6.45, 7) is 11.8. The van der Waals surface area contributed by atoms with Crippen molar-refractivity contribution in [2.45, 2.75) is 76.0 Å². The van der Waals surface area contributed by atoms with Crippen LogP contribution in [0.2, 0.25) is 0 Å². The number of fused-ring (bicyclic) bond motifs is 1. The summed E-state index contributed by atoms with van der Waals surface area (Å²) in [7, 11) is -3.09. The summed E-state index contributed by atoms with van der Waals surface area (Å²) in [6.07, 6.45) is 0.482. The smallest absolute Gasteiger partial charge is 0.413 e. The molecule has 2 aromatic heterocycles. The second kappa shape index (κ2) is 9.61. The van der Waals surface area contributed by atoms with Gasteiger partial charge < -0.3 is 10.1 Å². The van der Waals surface area contributed by atoms with Crippen molar-refractivity contribution in [3.05, 3.63) is 53.0 Å². The number of hydrogen-bond acceptors (Lipinski definition) is 8. The maximum Gasteiger partial charge on any atom is 0.413 e. The largest absolute Gasteiger partial charge is 0.444 e. The molecule has 0 fully saturated rings. The molecule has 0 saturated heterocycles. The maximum absolute atomic E-state index is 15.4. The molecule has 2 aliphatic heterocycles. The number of alkyl carbamates (subject to hydrolysis) is 1. The van der Waals surface area contributed by atoms with Gasteiger partial charge in [-0.05, 0) is 78.6 Å². The number of anilines is 1. The number of carbonyl (C=O) groups is 2. The highest BCUT2D eigenvalue weighted by molar-refractivity contribution is 7.96. The minimum absolute atomic E-state index is 0.00808. The number of nitrogens with zero attached hydrogens (tertiary/aromatic N) is 4. The zero-order valence-corrected chi connectivity index (χ0v) is 23.7. The molecule has 13 heteroatoms. The Morgan fingerprint density at radius 2 is 1.85 bits per heavy atom. The number of aliphatic imine (C=N–C) groups is 1. The van der Waals surface area contributed by atoms with Crippen LogP contribution in [0.15, 0.2) is 33.8 Å². The second-order valence-corrected chi connectivity index (χ2v) is 14.2. The van der Waals surface area contributed by atoms with Crippen LogP contribution in [-0.2, 0) is 20.0 Å². The average molecular weight is 563 g/mol. The van der Waals surface area contributed by atoms with Crippen LogP contribution in [0.1, 0.15) is 69.7 Å². The molecule has 2 aliphatic rings. The topological polar surface area (TPSA) is 135 Å². The van der Waals surface area contributed by atoms with E-state index >= 15 is 4.39 Å². The standard InChI is InChI=1S/C26H32F2N6O4S/c1-14-12-15(27)13-29-19(14)21(35)32-18-9-8-16(28)20(31-18)26(7)17-10-11-30-39(17,37)25(5,6)22(34-26)33-23(36)38-24(2,3)4/h8-9,12-13,17H,10-11H2,1-7H3,(H,31,32,35)(H,33,34,36)/t17-,26-,39+/m0/s1. The van der Waals surface area contributed by atoms with Gasteiger partial charge in [-0.2, -0.15) is 0 Å². The lowest BCUT2D eigenvalue weighted by Gasteiger charge is -2.44. The third-order valence-electron chi connectivity index (χ3n) is 6.78. The third-order valence-corrected chi connectivity index (χ3v) is 10.5. The molecule has 4 heterocycles. The average Bonchev–Trinajstić information content (AvgIpc) is 3.22. The molecule has 2 N–H and O–H groups in total. The summed E-state index contributed by atoms with van der Waals surface area (Å²) in [5, 5.41) is 4.46. The summed E-state index contributed by atoms with van der Waals surface area (Å²) in [5.74, 6) is -1.96. The van der Waals surface area contributed by atoms with Crippen LogP contribution in [0, 0.1) is 18.6 Å². The zero-order chi connectivity index (χ0) is 29.0. The first-order valence-corrected chi connectivity index (χ1v) is 14.0. The van der Waals surface area contributed by atoms with Crippen LogP contribution in [0.4, 0.5) is 19.4 Å². The van der Waals surface area contributed by atoms with Gasteiger partial charge in [0.05, 0.1) is 21.2 Å². The van der Waals surface area contributed by atoms with E-state index in [1.807, 2.05) is 0 Å². The Morgan fingerprint density at radius 1 is 1.15 bits per heavy atom. The van der Waals surface area contributed by atoms with Crippen LogP contribution in [-0.4, -0.2) is 54.2 Å². The first-order chi connectivity index (χ1) is 18.0. The van der Waals surface area contributed by atoms with Crippen LogP contribution >= 0.6 is 0 Å². The normalized spacial score (nSPS) is 25.7. The number of amides is 2. The van der Waals surface area contributed by atoms with E-state index in [9.17, 15) is 18.2 Å². The Bertz CT molecular complexity index is 1510. The summed E-state index contributed by atoms with van der Waals surface area (Å²) >= 11 is 0. The van der Waals surface area contributed by atoms with Crippen molar-refractivity contribution in [3.63, 3.8) is 0 Å². The van der Waals surface area contributed by atoms with Crippen molar-refractivity contribution >= 4 is 33.4 Å². The van der Waals surface area contributed by atoms with Crippen molar-refractivity contribution < 1.29 is 27.3 Å². The molecule has 4 rings (SSSR count). The molecule has 2 amide bonds. The lowest BCUT2D eigenvalue weighted by molar-refractivity contribution is 0.0560. The van der Waals surface area contributed by atoms with Gasteiger partial charge in [-0.25, -0.2) is 32.1 Å². The summed E-state index contributed by atoms with van der Waals surface area (Å²) in [6, 6.07) is 3.56. The van der Waals surface area contributed by atoms with E-state index in [2.05, 4.69) is 25.0 Å². The molecule has 0 saturated carbocycles. The van der Waals surface area contributed by atoms with E-state index in [0.29, 0.717) is 12.0 Å². The number of ether oxygens (including phenoxy) is 1. The van der Waals surface area contributed by atoms with Crippen LogP contribution < -0.4 is 10.6 Å². The molecule has 0 aliphatic carbocycles. The van der Waals surface area contributed by atoms with Gasteiger partial charge in [0.1, 0.15) is 50.6 Å². The van der Waals surface area contributed by atoms with Gasteiger partial charge in [0.25, 0.3) is 5.91 Å². The Hall–Kier alpha value is -3.48. The molecule has 10 nitrogen and oxygen atoms in total. The van der Waals surface area contributed by atoms with Gasteiger partial charge in [0, 0.05) is 6.54 Å². The summed E-state index contributed by atoms with van der Waals surface area (Å²) in [5.41, 5.74) is -2.18. The molecule has 0 aromatic carbocycles. The minimum atomic E-state index is -3.09. The fourth-order valence-corrected chi connectivity index (χ4v) is 8.02. The lowest BCUT2D eigenvalue weighted by atomic mass is 9.89. The lowest BCUT2D eigenvalue weighted by Crippen LogP contribution is -2.61. The van der Waals surface area contributed by atoms with Crippen molar-refractivity contribution in [2.75, 3.05) is 11.9 Å². The van der Waals surface area contributed by atoms with E-state index in [0.717, 1.165) is 12.3 Å². The van der Waals surface area contributed by atoms with E-state index < -0.39 is 54.5 Å². The number of rotatable bonds is 3. The molecule has 2 aromatic rings. The number of pyridine rings is 2. The molecule has 3 atom stereocenters. The van der Waals surface area contributed by atoms with Crippen molar-refractivity contribution in [2.24, 2.45) is 9.36 Å². The number of nitrogens with one attached hydrogen (secondary N) is 2. The minimum Gasteiger partial charge on any atom is -0.444 e. The van der Waals surface area contributed by atoms with Crippen LogP contribution in [0.3, 0.4) is 0 Å². The number of hydrogen-bond donors (Lipinski definition) is 2. The Morgan fingerprint density at radius 3 is 2.49 bits per heavy atom. The molecular weight excluding hydrogens is 530 g/mol. The predicted molar refractivity (Wildman–Crippen MR) is 143 cm³/mol. The van der Waals surface area contributed by atoms with Gasteiger partial charge in [0.2, 0.25) is 0 Å². The molecular formula is C26H32F2N6O4S. The molecule has 0 bridgehead atoms. The highest BCUT2D eigenvalue weighted by Crippen LogP contribution is 2.47. The molecule has 0 spiro atoms. The van der Waals surface area contributed by atoms with E-state index in [1.54, 1.807) is 41.5 Å². The fourth-order valence-electron chi connectivity index (χ4n) is 4.85. The van der Waals surface area contributed by atoms with Gasteiger partial charge in [-0.1, -0.05) is 0 Å². The monoisotopic (exact) mass is 562 g/mol. The second-order valence-electron chi connectivity index (χ2n) is 11.2. The predicted octanol–water partition coefficient (Wildman–Crippen LogP) is 4.49. The number of carbonyl (C=O) groups excluding carboxylic acids is 2. The van der Waals surface area contributed by atoms with Gasteiger partial charge >= 0.3 is 6.09 Å². The van der Waals surface area contributed by atoms with Crippen LogP contribution in [0.25, 0.3) is 0 Å². The van der Waals surface area contributed by atoms with Crippen molar-refractivity contribution in [3.8, 4) is 0 Å². The maximum atomic E-state index is 15.4. The number of amidine groups is 1. The van der Waals surface area contributed by atoms with Crippen molar-refractivity contribution in [1.82, 2.24) is 15.3 Å². The Labute approximate surface area is 226 Å². The first-order valence-electron chi connectivity index (χ1n) is 12.4. The van der Waals surface area contributed by atoms with Gasteiger partial charge in [-0.3, -0.25) is 15.1 Å². The highest BCUT2D eigenvalue weighted by atomic mass is 32.2. The van der Waals surface area contributed by atoms with E-state index in [-0.39, 0.29) is 29.6 Å². The quantitative estimate of drug-likeness (QED) is 0.566. The van der Waals surface area contributed by atoms with Gasteiger partial charge in [0.15, 0.2) is 0 Å². The van der Waals surface area contributed by atoms with E-state index in [4.69, 9.17) is 9.73 Å². The summed E-state index contributed by atoms with van der Waals surface area (Å²) < 4.78 is 51.9. The molecule has 0 unspecified atom stereocenters. The first kappa shape index (κ1) is 28.5. The Kier molecular flexibility index (Phi) is 7.03. The van der Waals surface area contributed by atoms with Gasteiger partial charge in [-0.15, -0.1) is 0 Å². The summed E-state index contributed by atoms with van der Waals surface area (Å²) in [4.78, 5) is 38.5. The number of aryl methyl sites for hydroxylation is 1. The molecule has 210 valence electrons. The fraction of sp³-hybridized carbons (Fsp3) is 0.500. The molecule has 39 heavy (non-hydrogen) atoms. The molecule has 0 radical (unpaired) electrons. The highest BCUT2D eigenvalue weighted by Gasteiger charge is 2.58. The van der Waals surface area contributed by atoms with Crippen molar-refractivity contribution in [1.29, 1.82) is 0 Å². The third kappa shape index (κ3) is 5.11. The SMILES string of the molecule is Cc1cc(F)cnc1C(=O)Nc1ccc(F)c([C@@]2(C)N=C(NC(=O)OC(C)(C)C)C(C)(C)[S@@]3(=O)=NCC[C@@H]23)n1. The zero-order valence-electron chi connectivity index (χ0n) is 22.9. The number of halogens is 2. The van der Waals surface area contributed by atoms with Crippen LogP contribution in [0.5, 0.6) is 0 Å². The van der Waals surface area contributed by atoms with E-state index in [1.165, 1.54) is 19.1 Å².